The van der Waals surface area contributed by atoms with Crippen LogP contribution in [0.4, 0.5) is 0 Å². The molecule has 0 unspecified atom stereocenters. The van der Waals surface area contributed by atoms with Crippen molar-refractivity contribution in [1.29, 1.82) is 0 Å². The summed E-state index contributed by atoms with van der Waals surface area (Å²) in [6.45, 7) is 2.12. The molecule has 1 saturated carbocycles. The number of esters is 1. The van der Waals surface area contributed by atoms with Crippen molar-refractivity contribution in [2.45, 2.75) is 32.8 Å². The first-order valence-corrected chi connectivity index (χ1v) is 7.24. The fraction of sp³-hybridized carbons (Fsp3) is 0.438. The fourth-order valence-corrected chi connectivity index (χ4v) is 2.86. The number of hydrogen-bond acceptors (Lipinski definition) is 4. The number of rotatable bonds is 3. The van der Waals surface area contributed by atoms with Gasteiger partial charge in [0.25, 0.3) is 0 Å². The summed E-state index contributed by atoms with van der Waals surface area (Å²) in [5.74, 6) is -0.0708. The third-order valence-electron chi connectivity index (χ3n) is 4.05. The highest BCUT2D eigenvalue weighted by Crippen LogP contribution is 2.28. The van der Waals surface area contributed by atoms with Gasteiger partial charge in [0.1, 0.15) is 18.0 Å². The Labute approximate surface area is 122 Å². The molecule has 5 heteroatoms. The van der Waals surface area contributed by atoms with Gasteiger partial charge in [-0.1, -0.05) is 13.0 Å². The van der Waals surface area contributed by atoms with Gasteiger partial charge >= 0.3 is 5.97 Å². The Hall–Kier alpha value is -2.17. The second-order valence-electron chi connectivity index (χ2n) is 5.67. The Morgan fingerprint density at radius 2 is 2.33 bits per heavy atom. The minimum Gasteiger partial charge on any atom is -0.459 e. The molecule has 1 fully saturated rings. The van der Waals surface area contributed by atoms with E-state index >= 15 is 0 Å². The molecule has 1 aliphatic rings. The van der Waals surface area contributed by atoms with Crippen molar-refractivity contribution in [2.75, 3.05) is 0 Å². The highest BCUT2D eigenvalue weighted by atomic mass is 16.5. The topological polar surface area (TPSA) is 60.7 Å². The summed E-state index contributed by atoms with van der Waals surface area (Å²) in [6, 6.07) is 5.74. The van der Waals surface area contributed by atoms with Crippen molar-refractivity contribution < 1.29 is 14.3 Å². The van der Waals surface area contributed by atoms with Gasteiger partial charge in [-0.3, -0.25) is 9.59 Å². The normalized spacial score (nSPS) is 22.4. The third-order valence-corrected chi connectivity index (χ3v) is 4.05. The molecule has 2 aromatic rings. The number of carbonyl (C=O) groups excluding carboxylic acids is 2. The second-order valence-corrected chi connectivity index (χ2v) is 5.67. The number of fused-ring (bicyclic) bond motifs is 1. The summed E-state index contributed by atoms with van der Waals surface area (Å²) < 4.78 is 7.27. The Balaban J connectivity index is 1.61. The van der Waals surface area contributed by atoms with Gasteiger partial charge in [0, 0.05) is 25.2 Å². The summed E-state index contributed by atoms with van der Waals surface area (Å²) in [4.78, 5) is 27.9. The summed E-state index contributed by atoms with van der Waals surface area (Å²) in [7, 11) is 0. The molecule has 0 aliphatic heterocycles. The van der Waals surface area contributed by atoms with Crippen LogP contribution in [0.15, 0.2) is 30.6 Å². The lowest BCUT2D eigenvalue weighted by molar-refractivity contribution is -0.153. The zero-order chi connectivity index (χ0) is 14.8. The molecule has 3 rings (SSSR count). The van der Waals surface area contributed by atoms with Crippen LogP contribution in [0.5, 0.6) is 0 Å². The molecule has 0 aromatic carbocycles. The largest absolute Gasteiger partial charge is 0.459 e. The van der Waals surface area contributed by atoms with Crippen LogP contribution in [0.2, 0.25) is 0 Å². The molecule has 2 aromatic heterocycles. The van der Waals surface area contributed by atoms with Crippen LogP contribution < -0.4 is 0 Å². The summed E-state index contributed by atoms with van der Waals surface area (Å²) >= 11 is 0. The van der Waals surface area contributed by atoms with Gasteiger partial charge in [-0.2, -0.15) is 0 Å². The molecule has 1 aliphatic carbocycles. The number of nitrogens with zero attached hydrogens (tertiary/aromatic N) is 2. The number of ketones is 1. The number of carbonyl (C=O) groups is 2. The van der Waals surface area contributed by atoms with Crippen LogP contribution in [0.1, 0.15) is 31.9 Å². The number of Topliss-reactive ketones (excluding diaryl/α,β-unsaturated/α-hetero) is 1. The molecule has 0 N–H and O–H groups in total. The minimum atomic E-state index is -0.216. The quantitative estimate of drug-likeness (QED) is 0.813. The molecule has 0 spiro atoms. The lowest BCUT2D eigenvalue weighted by atomic mass is 9.80. The summed E-state index contributed by atoms with van der Waals surface area (Å²) in [5.41, 5.74) is 1.56. The van der Waals surface area contributed by atoms with E-state index < -0.39 is 0 Å². The molecule has 0 radical (unpaired) electrons. The van der Waals surface area contributed by atoms with E-state index in [1.54, 1.807) is 0 Å². The zero-order valence-electron chi connectivity index (χ0n) is 12.0. The predicted molar refractivity (Wildman–Crippen MR) is 76.5 cm³/mol. The van der Waals surface area contributed by atoms with Gasteiger partial charge < -0.3 is 9.14 Å². The van der Waals surface area contributed by atoms with Gasteiger partial charge in [0.15, 0.2) is 0 Å². The predicted octanol–water partition coefficient (Wildman–Crippen LogP) is 2.38. The molecular weight excluding hydrogens is 268 g/mol. The van der Waals surface area contributed by atoms with Gasteiger partial charge in [-0.25, -0.2) is 4.98 Å². The van der Waals surface area contributed by atoms with Crippen LogP contribution in [0, 0.1) is 11.8 Å². The zero-order valence-corrected chi connectivity index (χ0v) is 12.0. The summed E-state index contributed by atoms with van der Waals surface area (Å²) in [5, 5.41) is 0. The summed E-state index contributed by atoms with van der Waals surface area (Å²) in [6.07, 6.45) is 5.33. The number of pyridine rings is 1. The highest BCUT2D eigenvalue weighted by Gasteiger charge is 2.32. The molecular formula is C16H18N2O3. The van der Waals surface area contributed by atoms with E-state index in [0.717, 1.165) is 11.3 Å². The Kier molecular flexibility index (Phi) is 3.73. The van der Waals surface area contributed by atoms with Gasteiger partial charge in [0.05, 0.1) is 11.6 Å². The molecule has 0 bridgehead atoms. The van der Waals surface area contributed by atoms with E-state index in [9.17, 15) is 9.59 Å². The molecule has 5 nitrogen and oxygen atoms in total. The van der Waals surface area contributed by atoms with Crippen LogP contribution in [0.3, 0.4) is 0 Å². The molecule has 110 valence electrons. The van der Waals surface area contributed by atoms with Gasteiger partial charge in [0.2, 0.25) is 0 Å². The maximum atomic E-state index is 12.1. The van der Waals surface area contributed by atoms with Crippen LogP contribution in [-0.2, 0) is 20.9 Å². The standard InChI is InChI=1S/C16H18N2O3/c1-11-8-13(19)5-6-14(11)16(20)21-10-12-9-18-7-3-2-4-15(18)17-12/h2-4,7,9,11,14H,5-6,8,10H2,1H3/t11-,14+/m1/s1. The van der Waals surface area contributed by atoms with E-state index in [0.29, 0.717) is 19.3 Å². The van der Waals surface area contributed by atoms with E-state index in [1.165, 1.54) is 0 Å². The van der Waals surface area contributed by atoms with Crippen LogP contribution in [-0.4, -0.2) is 21.1 Å². The maximum absolute atomic E-state index is 12.1. The van der Waals surface area contributed by atoms with E-state index in [4.69, 9.17) is 4.74 Å². The monoisotopic (exact) mass is 286 g/mol. The molecule has 2 heterocycles. The van der Waals surface area contributed by atoms with E-state index in [2.05, 4.69) is 4.98 Å². The van der Waals surface area contributed by atoms with Crippen molar-refractivity contribution in [3.63, 3.8) is 0 Å². The number of ether oxygens (including phenoxy) is 1. The minimum absolute atomic E-state index is 0.0693. The lowest BCUT2D eigenvalue weighted by Gasteiger charge is -2.25. The maximum Gasteiger partial charge on any atom is 0.309 e. The highest BCUT2D eigenvalue weighted by molar-refractivity contribution is 5.83. The van der Waals surface area contributed by atoms with Crippen LogP contribution >= 0.6 is 0 Å². The van der Waals surface area contributed by atoms with E-state index in [-0.39, 0.29) is 30.2 Å². The van der Waals surface area contributed by atoms with Gasteiger partial charge in [-0.15, -0.1) is 0 Å². The first-order chi connectivity index (χ1) is 10.1. The van der Waals surface area contributed by atoms with Crippen molar-refractivity contribution in [2.24, 2.45) is 11.8 Å². The second kappa shape index (κ2) is 5.68. The van der Waals surface area contributed by atoms with Crippen LogP contribution in [0.25, 0.3) is 5.65 Å². The fourth-order valence-electron chi connectivity index (χ4n) is 2.86. The molecule has 2 atom stereocenters. The lowest BCUT2D eigenvalue weighted by Crippen LogP contribution is -2.30. The smallest absolute Gasteiger partial charge is 0.309 e. The van der Waals surface area contributed by atoms with Crippen molar-refractivity contribution >= 4 is 17.4 Å². The Bertz CT molecular complexity index is 644. The molecule has 21 heavy (non-hydrogen) atoms. The third kappa shape index (κ3) is 2.96. The molecule has 0 amide bonds. The van der Waals surface area contributed by atoms with Crippen molar-refractivity contribution in [3.05, 3.63) is 36.3 Å². The number of imidazole rings is 1. The average molecular weight is 286 g/mol. The average Bonchev–Trinajstić information content (AvgIpc) is 2.87. The van der Waals surface area contributed by atoms with Gasteiger partial charge in [-0.05, 0) is 24.5 Å². The number of aromatic nitrogens is 2. The van der Waals surface area contributed by atoms with Crippen molar-refractivity contribution in [1.82, 2.24) is 9.38 Å². The Morgan fingerprint density at radius 1 is 1.48 bits per heavy atom. The van der Waals surface area contributed by atoms with Crippen molar-refractivity contribution in [3.8, 4) is 0 Å². The Morgan fingerprint density at radius 3 is 3.10 bits per heavy atom. The first kappa shape index (κ1) is 13.8. The van der Waals surface area contributed by atoms with E-state index in [1.807, 2.05) is 41.9 Å². The molecule has 0 saturated heterocycles. The number of hydrogen-bond donors (Lipinski definition) is 0. The first-order valence-electron chi connectivity index (χ1n) is 7.24. The SMILES string of the molecule is C[C@@H]1CC(=O)CC[C@@H]1C(=O)OCc1cn2ccccc2n1.